The molecule has 1 aliphatic rings. The zero-order valence-corrected chi connectivity index (χ0v) is 10.6. The third-order valence-corrected chi connectivity index (χ3v) is 4.74. The summed E-state index contributed by atoms with van der Waals surface area (Å²) in [6, 6.07) is 0. The van der Waals surface area contributed by atoms with E-state index in [1.54, 1.807) is 0 Å². The van der Waals surface area contributed by atoms with Crippen LogP contribution in [0, 0.1) is 0 Å². The van der Waals surface area contributed by atoms with Crippen molar-refractivity contribution >= 4 is 33.2 Å². The van der Waals surface area contributed by atoms with E-state index in [0.29, 0.717) is 18.5 Å². The molecule has 1 saturated heterocycles. The standard InChI is InChI=1S/C8H9Cl2N3O2S/c9-7-6(4-11-8(10)12-7)5-13-2-1-3-16(13,14)15/h4H,1-3,5H2. The smallest absolute Gasteiger partial charge is 0.223 e. The van der Waals surface area contributed by atoms with Crippen LogP contribution in [0.4, 0.5) is 0 Å². The van der Waals surface area contributed by atoms with Gasteiger partial charge in [-0.3, -0.25) is 0 Å². The molecule has 1 aromatic rings. The first kappa shape index (κ1) is 12.0. The van der Waals surface area contributed by atoms with E-state index >= 15 is 0 Å². The summed E-state index contributed by atoms with van der Waals surface area (Å²) in [6.45, 7) is 0.722. The fourth-order valence-corrected chi connectivity index (χ4v) is 3.39. The average molecular weight is 282 g/mol. The van der Waals surface area contributed by atoms with Crippen LogP contribution in [0.15, 0.2) is 6.20 Å². The van der Waals surface area contributed by atoms with E-state index in [2.05, 4.69) is 9.97 Å². The number of aromatic nitrogens is 2. The zero-order valence-electron chi connectivity index (χ0n) is 8.23. The van der Waals surface area contributed by atoms with Gasteiger partial charge in [0.2, 0.25) is 15.3 Å². The van der Waals surface area contributed by atoms with Crippen LogP contribution in [0.1, 0.15) is 12.0 Å². The minimum atomic E-state index is -3.13. The molecule has 16 heavy (non-hydrogen) atoms. The Kier molecular flexibility index (Phi) is 3.34. The predicted molar refractivity (Wildman–Crippen MR) is 60.9 cm³/mol. The van der Waals surface area contributed by atoms with Crippen molar-refractivity contribution in [1.29, 1.82) is 0 Å². The van der Waals surface area contributed by atoms with Crippen molar-refractivity contribution in [2.45, 2.75) is 13.0 Å². The van der Waals surface area contributed by atoms with Crippen LogP contribution >= 0.6 is 23.2 Å². The Morgan fingerprint density at radius 2 is 2.19 bits per heavy atom. The Balaban J connectivity index is 2.21. The molecule has 0 amide bonds. The maximum atomic E-state index is 11.6. The molecule has 0 aliphatic carbocycles. The van der Waals surface area contributed by atoms with Crippen LogP contribution in [0.5, 0.6) is 0 Å². The van der Waals surface area contributed by atoms with Crippen LogP contribution < -0.4 is 0 Å². The monoisotopic (exact) mass is 281 g/mol. The molecule has 0 spiro atoms. The summed E-state index contributed by atoms with van der Waals surface area (Å²) in [5.41, 5.74) is 0.566. The van der Waals surface area contributed by atoms with Gasteiger partial charge in [0.1, 0.15) is 5.15 Å². The molecule has 0 atom stereocenters. The molecule has 0 unspecified atom stereocenters. The molecule has 0 N–H and O–H groups in total. The van der Waals surface area contributed by atoms with Gasteiger partial charge < -0.3 is 0 Å². The van der Waals surface area contributed by atoms with E-state index in [1.165, 1.54) is 10.5 Å². The number of hydrogen-bond donors (Lipinski definition) is 0. The van der Waals surface area contributed by atoms with Gasteiger partial charge >= 0.3 is 0 Å². The average Bonchev–Trinajstić information content (AvgIpc) is 2.50. The molecule has 2 rings (SSSR count). The Hall–Kier alpha value is -0.430. The molecule has 8 heteroatoms. The second-order valence-electron chi connectivity index (χ2n) is 3.46. The molecule has 1 fully saturated rings. The fourth-order valence-electron chi connectivity index (χ4n) is 1.53. The largest absolute Gasteiger partial charge is 0.226 e. The quantitative estimate of drug-likeness (QED) is 0.606. The lowest BCUT2D eigenvalue weighted by Crippen LogP contribution is -2.25. The normalized spacial score (nSPS) is 20.1. The van der Waals surface area contributed by atoms with Gasteiger partial charge in [0.25, 0.3) is 0 Å². The van der Waals surface area contributed by atoms with Gasteiger partial charge in [0.05, 0.1) is 5.75 Å². The van der Waals surface area contributed by atoms with E-state index in [1.807, 2.05) is 0 Å². The highest BCUT2D eigenvalue weighted by Gasteiger charge is 2.28. The maximum Gasteiger partial charge on any atom is 0.223 e. The number of nitrogens with zero attached hydrogens (tertiary/aromatic N) is 3. The molecule has 5 nitrogen and oxygen atoms in total. The van der Waals surface area contributed by atoms with Crippen LogP contribution in [-0.2, 0) is 16.6 Å². The predicted octanol–water partition coefficient (Wildman–Crippen LogP) is 1.32. The lowest BCUT2D eigenvalue weighted by Gasteiger charge is -2.14. The van der Waals surface area contributed by atoms with Gasteiger partial charge in [-0.15, -0.1) is 0 Å². The van der Waals surface area contributed by atoms with Crippen LogP contribution in [0.25, 0.3) is 0 Å². The third-order valence-electron chi connectivity index (χ3n) is 2.33. The Bertz CT molecular complexity index is 506. The van der Waals surface area contributed by atoms with Gasteiger partial charge in [-0.05, 0) is 18.0 Å². The highest BCUT2D eigenvalue weighted by atomic mass is 35.5. The Labute approximate surface area is 103 Å². The van der Waals surface area contributed by atoms with Crippen molar-refractivity contribution in [3.8, 4) is 0 Å². The molecule has 2 heterocycles. The first-order valence-corrected chi connectivity index (χ1v) is 7.00. The molecule has 0 saturated carbocycles. The first-order chi connectivity index (χ1) is 7.49. The highest BCUT2D eigenvalue weighted by molar-refractivity contribution is 7.89. The van der Waals surface area contributed by atoms with E-state index in [-0.39, 0.29) is 22.7 Å². The molecule has 1 aliphatic heterocycles. The van der Waals surface area contributed by atoms with Gasteiger partial charge in [-0.2, -0.15) is 4.31 Å². The van der Waals surface area contributed by atoms with Crippen LogP contribution in [-0.4, -0.2) is 35.0 Å². The van der Waals surface area contributed by atoms with Gasteiger partial charge in [0.15, 0.2) is 0 Å². The number of sulfonamides is 1. The Morgan fingerprint density at radius 1 is 1.44 bits per heavy atom. The van der Waals surface area contributed by atoms with E-state index in [4.69, 9.17) is 23.2 Å². The highest BCUT2D eigenvalue weighted by Crippen LogP contribution is 2.21. The number of hydrogen-bond acceptors (Lipinski definition) is 4. The zero-order chi connectivity index (χ0) is 11.8. The summed E-state index contributed by atoms with van der Waals surface area (Å²) in [5.74, 6) is 0.194. The molecule has 1 aromatic heterocycles. The minimum absolute atomic E-state index is 0.0537. The summed E-state index contributed by atoms with van der Waals surface area (Å²) >= 11 is 11.4. The molecule has 0 radical (unpaired) electrons. The fraction of sp³-hybridized carbons (Fsp3) is 0.500. The van der Waals surface area contributed by atoms with Gasteiger partial charge in [-0.25, -0.2) is 18.4 Å². The lowest BCUT2D eigenvalue weighted by molar-refractivity contribution is 0.439. The second-order valence-corrected chi connectivity index (χ2v) is 6.24. The first-order valence-electron chi connectivity index (χ1n) is 4.64. The molecule has 88 valence electrons. The summed E-state index contributed by atoms with van der Waals surface area (Å²) in [7, 11) is -3.13. The van der Waals surface area contributed by atoms with Crippen LogP contribution in [0.2, 0.25) is 10.4 Å². The SMILES string of the molecule is O=S1(=O)CCCN1Cc1cnc(Cl)nc1Cl. The molecular formula is C8H9Cl2N3O2S. The molecule has 0 aromatic carbocycles. The van der Waals surface area contributed by atoms with Crippen LogP contribution in [0.3, 0.4) is 0 Å². The number of halogens is 2. The molecular weight excluding hydrogens is 273 g/mol. The summed E-state index contributed by atoms with van der Waals surface area (Å²) in [4.78, 5) is 7.54. The van der Waals surface area contributed by atoms with Crippen molar-refractivity contribution in [3.05, 3.63) is 22.2 Å². The third kappa shape index (κ3) is 2.45. The van der Waals surface area contributed by atoms with Crippen molar-refractivity contribution in [1.82, 2.24) is 14.3 Å². The minimum Gasteiger partial charge on any atom is -0.226 e. The number of rotatable bonds is 2. The van der Waals surface area contributed by atoms with Crippen molar-refractivity contribution in [2.75, 3.05) is 12.3 Å². The van der Waals surface area contributed by atoms with Crippen molar-refractivity contribution < 1.29 is 8.42 Å². The van der Waals surface area contributed by atoms with Crippen molar-refractivity contribution in [2.24, 2.45) is 0 Å². The summed E-state index contributed by atoms with van der Waals surface area (Å²) < 4.78 is 24.5. The van der Waals surface area contributed by atoms with Gasteiger partial charge in [0, 0.05) is 24.8 Å². The molecule has 0 bridgehead atoms. The lowest BCUT2D eigenvalue weighted by atomic mass is 10.3. The maximum absolute atomic E-state index is 11.6. The van der Waals surface area contributed by atoms with Crippen molar-refractivity contribution in [3.63, 3.8) is 0 Å². The van der Waals surface area contributed by atoms with E-state index in [9.17, 15) is 8.42 Å². The Morgan fingerprint density at radius 3 is 2.75 bits per heavy atom. The van der Waals surface area contributed by atoms with Gasteiger partial charge in [-0.1, -0.05) is 11.6 Å². The summed E-state index contributed by atoms with van der Waals surface area (Å²) in [6.07, 6.45) is 2.10. The second kappa shape index (κ2) is 4.44. The summed E-state index contributed by atoms with van der Waals surface area (Å²) in [5, 5.41) is 0.250. The van der Waals surface area contributed by atoms with E-state index < -0.39 is 10.0 Å². The van der Waals surface area contributed by atoms with E-state index in [0.717, 1.165) is 0 Å². The topological polar surface area (TPSA) is 63.2 Å².